The molecule has 0 aliphatic carbocycles. The Labute approximate surface area is 178 Å². The summed E-state index contributed by atoms with van der Waals surface area (Å²) in [6, 6.07) is 11.2. The summed E-state index contributed by atoms with van der Waals surface area (Å²) in [6.07, 6.45) is 1.60. The van der Waals surface area contributed by atoms with Gasteiger partial charge in [-0.3, -0.25) is 4.79 Å². The zero-order valence-electron chi connectivity index (χ0n) is 16.6. The number of piperidine rings is 1. The van der Waals surface area contributed by atoms with Crippen LogP contribution in [0.25, 0.3) is 10.2 Å². The molecule has 1 aromatic heterocycles. The van der Waals surface area contributed by atoms with Crippen molar-refractivity contribution >= 4 is 27.5 Å². The Morgan fingerprint density at radius 2 is 1.90 bits per heavy atom. The van der Waals surface area contributed by atoms with E-state index in [9.17, 15) is 4.79 Å². The highest BCUT2D eigenvalue weighted by Crippen LogP contribution is 2.33. The Hall–Kier alpha value is -3.00. The number of methoxy groups -OCH3 is 1. The molecule has 30 heavy (non-hydrogen) atoms. The molecular weight excluding hydrogens is 404 g/mol. The lowest BCUT2D eigenvalue weighted by molar-refractivity contribution is 0.0594. The van der Waals surface area contributed by atoms with Crippen molar-refractivity contribution < 1.29 is 23.7 Å². The van der Waals surface area contributed by atoms with E-state index in [1.54, 1.807) is 25.3 Å². The van der Waals surface area contributed by atoms with Crippen LogP contribution in [-0.2, 0) is 0 Å². The van der Waals surface area contributed by atoms with Crippen LogP contribution >= 0.6 is 11.3 Å². The van der Waals surface area contributed by atoms with E-state index in [2.05, 4.69) is 4.98 Å². The standard InChI is InChI=1S/C22H22N2O5S/c1-26-16-3-4-17-20(13-16)30-22(23-17)29-15-6-8-24(9-7-15)21(25)14-2-5-18-19(12-14)28-11-10-27-18/h2-5,12-13,15H,6-11H2,1H3. The molecule has 1 amide bonds. The largest absolute Gasteiger partial charge is 0.497 e. The molecule has 3 heterocycles. The van der Waals surface area contributed by atoms with Crippen LogP contribution in [0.15, 0.2) is 36.4 Å². The van der Waals surface area contributed by atoms with Crippen molar-refractivity contribution in [2.45, 2.75) is 18.9 Å². The number of aromatic nitrogens is 1. The number of carbonyl (C=O) groups is 1. The van der Waals surface area contributed by atoms with Crippen LogP contribution in [0.5, 0.6) is 22.4 Å². The van der Waals surface area contributed by atoms with Gasteiger partial charge < -0.3 is 23.8 Å². The van der Waals surface area contributed by atoms with Gasteiger partial charge in [0.1, 0.15) is 25.1 Å². The molecule has 7 nitrogen and oxygen atoms in total. The minimum Gasteiger partial charge on any atom is -0.497 e. The molecule has 1 saturated heterocycles. The molecule has 156 valence electrons. The Kier molecular flexibility index (Phi) is 5.08. The van der Waals surface area contributed by atoms with E-state index in [0.717, 1.165) is 28.8 Å². The maximum atomic E-state index is 12.9. The van der Waals surface area contributed by atoms with Gasteiger partial charge in [-0.15, -0.1) is 0 Å². The topological polar surface area (TPSA) is 70.1 Å². The molecule has 0 saturated carbocycles. The van der Waals surface area contributed by atoms with E-state index in [0.29, 0.717) is 48.6 Å². The fourth-order valence-electron chi connectivity index (χ4n) is 3.74. The number of hydrogen-bond donors (Lipinski definition) is 0. The average molecular weight is 426 g/mol. The Balaban J connectivity index is 1.20. The summed E-state index contributed by atoms with van der Waals surface area (Å²) in [6.45, 7) is 2.34. The fourth-order valence-corrected chi connectivity index (χ4v) is 4.65. The van der Waals surface area contributed by atoms with Crippen LogP contribution in [0, 0.1) is 0 Å². The molecule has 5 rings (SSSR count). The van der Waals surface area contributed by atoms with Crippen molar-refractivity contribution in [3.63, 3.8) is 0 Å². The van der Waals surface area contributed by atoms with Gasteiger partial charge in [-0.2, -0.15) is 0 Å². The zero-order chi connectivity index (χ0) is 20.5. The first-order valence-electron chi connectivity index (χ1n) is 10.00. The summed E-state index contributed by atoms with van der Waals surface area (Å²) in [4.78, 5) is 19.3. The van der Waals surface area contributed by atoms with Gasteiger partial charge in [0, 0.05) is 31.5 Å². The van der Waals surface area contributed by atoms with E-state index < -0.39 is 0 Å². The molecule has 3 aromatic rings. The van der Waals surface area contributed by atoms with Gasteiger partial charge in [0.15, 0.2) is 11.5 Å². The van der Waals surface area contributed by atoms with Gasteiger partial charge in [0.2, 0.25) is 0 Å². The second-order valence-corrected chi connectivity index (χ2v) is 8.27. The van der Waals surface area contributed by atoms with Gasteiger partial charge in [-0.05, 0) is 36.4 Å². The van der Waals surface area contributed by atoms with Crippen molar-refractivity contribution in [1.29, 1.82) is 0 Å². The first-order chi connectivity index (χ1) is 14.7. The molecule has 0 N–H and O–H groups in total. The lowest BCUT2D eigenvalue weighted by Gasteiger charge is -2.31. The Bertz CT molecular complexity index is 1070. The van der Waals surface area contributed by atoms with Crippen LogP contribution in [0.2, 0.25) is 0 Å². The van der Waals surface area contributed by atoms with E-state index in [1.807, 2.05) is 23.1 Å². The number of rotatable bonds is 4. The number of carbonyl (C=O) groups excluding carboxylic acids is 1. The Morgan fingerprint density at radius 1 is 1.10 bits per heavy atom. The van der Waals surface area contributed by atoms with Gasteiger partial charge in [0.25, 0.3) is 11.1 Å². The number of thiazole rings is 1. The molecule has 0 atom stereocenters. The average Bonchev–Trinajstić information content (AvgIpc) is 3.20. The van der Waals surface area contributed by atoms with Crippen LogP contribution in [-0.4, -0.2) is 55.3 Å². The maximum absolute atomic E-state index is 12.9. The third-order valence-electron chi connectivity index (χ3n) is 5.36. The summed E-state index contributed by atoms with van der Waals surface area (Å²) in [5.41, 5.74) is 1.53. The normalized spacial score (nSPS) is 16.5. The zero-order valence-corrected chi connectivity index (χ0v) is 17.4. The summed E-state index contributed by atoms with van der Waals surface area (Å²) in [7, 11) is 1.65. The minimum atomic E-state index is 0.0116. The molecule has 0 bridgehead atoms. The third kappa shape index (κ3) is 3.75. The van der Waals surface area contributed by atoms with Crippen LogP contribution in [0.4, 0.5) is 0 Å². The molecule has 0 radical (unpaired) electrons. The highest BCUT2D eigenvalue weighted by Gasteiger charge is 2.26. The highest BCUT2D eigenvalue weighted by atomic mass is 32.1. The molecule has 0 spiro atoms. The third-order valence-corrected chi connectivity index (χ3v) is 6.27. The van der Waals surface area contributed by atoms with Crippen molar-refractivity contribution in [2.75, 3.05) is 33.4 Å². The number of benzene rings is 2. The highest BCUT2D eigenvalue weighted by molar-refractivity contribution is 7.20. The molecule has 2 aliphatic heterocycles. The molecular formula is C22H22N2O5S. The van der Waals surface area contributed by atoms with Crippen molar-refractivity contribution in [3.05, 3.63) is 42.0 Å². The quantitative estimate of drug-likeness (QED) is 0.633. The van der Waals surface area contributed by atoms with E-state index in [-0.39, 0.29) is 12.0 Å². The van der Waals surface area contributed by atoms with Gasteiger partial charge in [-0.1, -0.05) is 11.3 Å². The molecule has 0 unspecified atom stereocenters. The first kappa shape index (κ1) is 19.0. The summed E-state index contributed by atoms with van der Waals surface area (Å²) < 4.78 is 23.5. The first-order valence-corrected chi connectivity index (χ1v) is 10.8. The number of fused-ring (bicyclic) bond motifs is 2. The van der Waals surface area contributed by atoms with Gasteiger partial charge in [0.05, 0.1) is 17.3 Å². The van der Waals surface area contributed by atoms with E-state index in [1.165, 1.54) is 11.3 Å². The molecule has 1 fully saturated rings. The summed E-state index contributed by atoms with van der Waals surface area (Å²) >= 11 is 1.52. The van der Waals surface area contributed by atoms with E-state index >= 15 is 0 Å². The second-order valence-electron chi connectivity index (χ2n) is 7.28. The monoisotopic (exact) mass is 426 g/mol. The van der Waals surface area contributed by atoms with Gasteiger partial charge >= 0.3 is 0 Å². The molecule has 8 heteroatoms. The number of ether oxygens (including phenoxy) is 4. The lowest BCUT2D eigenvalue weighted by Crippen LogP contribution is -2.41. The smallest absolute Gasteiger partial charge is 0.274 e. The summed E-state index contributed by atoms with van der Waals surface area (Å²) in [5, 5.41) is 0.662. The number of nitrogens with zero attached hydrogens (tertiary/aromatic N) is 2. The van der Waals surface area contributed by atoms with Crippen molar-refractivity contribution in [2.24, 2.45) is 0 Å². The van der Waals surface area contributed by atoms with Crippen LogP contribution in [0.1, 0.15) is 23.2 Å². The summed E-state index contributed by atoms with van der Waals surface area (Å²) in [5.74, 6) is 2.15. The minimum absolute atomic E-state index is 0.0116. The van der Waals surface area contributed by atoms with Crippen molar-refractivity contribution in [3.8, 4) is 22.4 Å². The number of amides is 1. The molecule has 2 aliphatic rings. The number of likely N-dealkylation sites (tertiary alicyclic amines) is 1. The van der Waals surface area contributed by atoms with Crippen LogP contribution < -0.4 is 18.9 Å². The lowest BCUT2D eigenvalue weighted by atomic mass is 10.1. The SMILES string of the molecule is COc1ccc2nc(OC3CCN(C(=O)c4ccc5c(c4)OCCO5)CC3)sc2c1. The Morgan fingerprint density at radius 3 is 2.70 bits per heavy atom. The van der Waals surface area contributed by atoms with Gasteiger partial charge in [-0.25, -0.2) is 4.98 Å². The second kappa shape index (κ2) is 8.02. The fraction of sp³-hybridized carbons (Fsp3) is 0.364. The van der Waals surface area contributed by atoms with Crippen LogP contribution in [0.3, 0.4) is 0 Å². The van der Waals surface area contributed by atoms with E-state index in [4.69, 9.17) is 18.9 Å². The van der Waals surface area contributed by atoms with Crippen molar-refractivity contribution in [1.82, 2.24) is 9.88 Å². The predicted octanol–water partition coefficient (Wildman–Crippen LogP) is 3.76. The maximum Gasteiger partial charge on any atom is 0.274 e. The predicted molar refractivity (Wildman–Crippen MR) is 113 cm³/mol. The molecule has 2 aromatic carbocycles. The number of hydrogen-bond acceptors (Lipinski definition) is 7.